The maximum atomic E-state index is 12.8. The number of hydrogen-bond donors (Lipinski definition) is 1. The molecular weight excluding hydrogens is 310 g/mol. The van der Waals surface area contributed by atoms with Gasteiger partial charge in [0.1, 0.15) is 5.15 Å². The smallest absolute Gasteiger partial charge is 0.256 e. The Balaban J connectivity index is 1.56. The number of halogens is 1. The highest BCUT2D eigenvalue weighted by Gasteiger charge is 2.51. The average Bonchev–Trinajstić information content (AvgIpc) is 2.78. The zero-order chi connectivity index (χ0) is 16.4. The fourth-order valence-corrected chi connectivity index (χ4v) is 5.96. The van der Waals surface area contributed by atoms with Crippen LogP contribution in [0.15, 0.2) is 6.20 Å². The molecule has 0 aromatic carbocycles. The second-order valence-electron chi connectivity index (χ2n) is 9.08. The van der Waals surface area contributed by atoms with Crippen LogP contribution in [0.4, 0.5) is 0 Å². The van der Waals surface area contributed by atoms with Crippen LogP contribution in [0.3, 0.4) is 0 Å². The Morgan fingerprint density at radius 3 is 2.17 bits per heavy atom. The van der Waals surface area contributed by atoms with Gasteiger partial charge in [-0.15, -0.1) is 0 Å². The Bertz CT molecular complexity index is 608. The molecule has 1 aromatic heterocycles. The van der Waals surface area contributed by atoms with Gasteiger partial charge in [0.25, 0.3) is 5.91 Å². The molecule has 4 nitrogen and oxygen atoms in total. The third-order valence-corrected chi connectivity index (χ3v) is 6.37. The first-order chi connectivity index (χ1) is 10.8. The Labute approximate surface area is 143 Å². The van der Waals surface area contributed by atoms with Gasteiger partial charge in [0.05, 0.1) is 17.3 Å². The Morgan fingerprint density at radius 1 is 1.22 bits per heavy atom. The van der Waals surface area contributed by atoms with Crippen LogP contribution < -0.4 is 5.32 Å². The second kappa shape index (κ2) is 4.98. The van der Waals surface area contributed by atoms with E-state index >= 15 is 0 Å². The van der Waals surface area contributed by atoms with E-state index in [9.17, 15) is 4.79 Å². The Hall–Kier alpha value is -1.03. The van der Waals surface area contributed by atoms with Gasteiger partial charge in [-0.05, 0) is 77.0 Å². The molecule has 1 amide bonds. The molecule has 0 spiro atoms. The molecule has 0 atom stereocenters. The van der Waals surface area contributed by atoms with Gasteiger partial charge in [0, 0.05) is 5.54 Å². The van der Waals surface area contributed by atoms with E-state index < -0.39 is 0 Å². The molecule has 4 aliphatic rings. The van der Waals surface area contributed by atoms with E-state index in [4.69, 9.17) is 11.6 Å². The molecule has 0 aliphatic heterocycles. The van der Waals surface area contributed by atoms with E-state index in [0.29, 0.717) is 10.7 Å². The van der Waals surface area contributed by atoms with Crippen LogP contribution in [-0.4, -0.2) is 21.2 Å². The van der Waals surface area contributed by atoms with Crippen LogP contribution in [0.25, 0.3) is 0 Å². The van der Waals surface area contributed by atoms with Gasteiger partial charge in [0.15, 0.2) is 0 Å². The lowest BCUT2D eigenvalue weighted by Gasteiger charge is -2.56. The van der Waals surface area contributed by atoms with Crippen molar-refractivity contribution in [2.24, 2.45) is 17.8 Å². The molecule has 1 N–H and O–H groups in total. The van der Waals surface area contributed by atoms with Crippen molar-refractivity contribution in [1.29, 1.82) is 0 Å². The van der Waals surface area contributed by atoms with Crippen LogP contribution in [-0.2, 0) is 5.54 Å². The molecule has 4 fully saturated rings. The number of aromatic nitrogens is 2. The topological polar surface area (TPSA) is 46.9 Å². The van der Waals surface area contributed by atoms with Crippen LogP contribution in [0, 0.1) is 17.8 Å². The summed E-state index contributed by atoms with van der Waals surface area (Å²) < 4.78 is 1.73. The molecule has 1 aromatic rings. The normalized spacial score (nSPS) is 35.6. The molecule has 4 saturated carbocycles. The van der Waals surface area contributed by atoms with Gasteiger partial charge in [-0.25, -0.2) is 4.68 Å². The summed E-state index contributed by atoms with van der Waals surface area (Å²) in [5.74, 6) is 2.39. The largest absolute Gasteiger partial charge is 0.346 e. The molecule has 4 bridgehead atoms. The molecule has 5 heteroatoms. The van der Waals surface area contributed by atoms with E-state index in [2.05, 4.69) is 10.4 Å². The molecular formula is C18H26ClN3O. The third kappa shape index (κ3) is 2.59. The molecule has 126 valence electrons. The minimum Gasteiger partial charge on any atom is -0.346 e. The number of amides is 1. The summed E-state index contributed by atoms with van der Waals surface area (Å²) in [7, 11) is 0. The van der Waals surface area contributed by atoms with Crippen LogP contribution in [0.1, 0.15) is 69.7 Å². The van der Waals surface area contributed by atoms with Gasteiger partial charge in [0.2, 0.25) is 0 Å². The van der Waals surface area contributed by atoms with Crippen molar-refractivity contribution in [1.82, 2.24) is 15.1 Å². The van der Waals surface area contributed by atoms with Crippen molar-refractivity contribution >= 4 is 17.5 Å². The van der Waals surface area contributed by atoms with Gasteiger partial charge >= 0.3 is 0 Å². The third-order valence-electron chi connectivity index (χ3n) is 6.01. The van der Waals surface area contributed by atoms with Gasteiger partial charge in [-0.1, -0.05) is 11.6 Å². The molecule has 0 radical (unpaired) electrons. The average molecular weight is 336 g/mol. The molecule has 0 saturated heterocycles. The minimum atomic E-state index is -0.226. The summed E-state index contributed by atoms with van der Waals surface area (Å²) >= 11 is 6.43. The summed E-state index contributed by atoms with van der Waals surface area (Å²) in [6.45, 7) is 6.10. The number of nitrogens with one attached hydrogen (secondary N) is 1. The first kappa shape index (κ1) is 15.5. The number of hydrogen-bond acceptors (Lipinski definition) is 2. The number of rotatable bonds is 2. The summed E-state index contributed by atoms with van der Waals surface area (Å²) in [5, 5.41) is 8.14. The highest BCUT2D eigenvalue weighted by atomic mass is 35.5. The van der Waals surface area contributed by atoms with Crippen molar-refractivity contribution in [3.63, 3.8) is 0 Å². The first-order valence-electron chi connectivity index (χ1n) is 8.82. The van der Waals surface area contributed by atoms with Crippen molar-refractivity contribution in [3.8, 4) is 0 Å². The first-order valence-corrected chi connectivity index (χ1v) is 9.20. The lowest BCUT2D eigenvalue weighted by Crippen LogP contribution is -2.59. The van der Waals surface area contributed by atoms with Crippen LogP contribution in [0.5, 0.6) is 0 Å². The van der Waals surface area contributed by atoms with Crippen LogP contribution in [0.2, 0.25) is 5.15 Å². The summed E-state index contributed by atoms with van der Waals surface area (Å²) in [6.07, 6.45) is 9.18. The highest BCUT2D eigenvalue weighted by Crippen LogP contribution is 2.55. The minimum absolute atomic E-state index is 0.0129. The molecule has 23 heavy (non-hydrogen) atoms. The van der Waals surface area contributed by atoms with E-state index in [0.717, 1.165) is 37.0 Å². The summed E-state index contributed by atoms with van der Waals surface area (Å²) in [5.41, 5.74) is 0.298. The molecule has 0 unspecified atom stereocenters. The monoisotopic (exact) mass is 335 g/mol. The van der Waals surface area contributed by atoms with E-state index in [1.54, 1.807) is 10.9 Å². The zero-order valence-electron chi connectivity index (χ0n) is 14.2. The maximum Gasteiger partial charge on any atom is 0.256 e. The molecule has 1 heterocycles. The SMILES string of the molecule is CC(C)(C)n1ncc(C(=O)NC23CC4CC(CC(C4)C2)C3)c1Cl. The predicted octanol–water partition coefficient (Wildman–Crippen LogP) is 3.99. The van der Waals surface area contributed by atoms with Gasteiger partial charge in [-0.2, -0.15) is 5.10 Å². The Kier molecular flexibility index (Phi) is 3.36. The van der Waals surface area contributed by atoms with Gasteiger partial charge in [-0.3, -0.25) is 4.79 Å². The summed E-state index contributed by atoms with van der Waals surface area (Å²) in [6, 6.07) is 0. The predicted molar refractivity (Wildman–Crippen MR) is 90.6 cm³/mol. The van der Waals surface area contributed by atoms with E-state index in [-0.39, 0.29) is 17.0 Å². The molecule has 5 rings (SSSR count). The number of carbonyl (C=O) groups is 1. The van der Waals surface area contributed by atoms with Crippen molar-refractivity contribution in [2.75, 3.05) is 0 Å². The lowest BCUT2D eigenvalue weighted by atomic mass is 9.53. The second-order valence-corrected chi connectivity index (χ2v) is 9.44. The van der Waals surface area contributed by atoms with E-state index in [1.165, 1.54) is 19.3 Å². The van der Waals surface area contributed by atoms with Crippen molar-refractivity contribution in [3.05, 3.63) is 16.9 Å². The fourth-order valence-electron chi connectivity index (χ4n) is 5.53. The quantitative estimate of drug-likeness (QED) is 0.888. The van der Waals surface area contributed by atoms with Crippen molar-refractivity contribution < 1.29 is 4.79 Å². The fraction of sp³-hybridized carbons (Fsp3) is 0.778. The standard InChI is InChI=1S/C18H26ClN3O/c1-17(2,3)22-15(19)14(10-20-22)16(23)21-18-7-11-4-12(8-18)6-13(5-11)9-18/h10-13H,4-9H2,1-3H3,(H,21,23). The maximum absolute atomic E-state index is 12.8. The highest BCUT2D eigenvalue weighted by molar-refractivity contribution is 6.32. The number of nitrogens with zero attached hydrogens (tertiary/aromatic N) is 2. The molecule has 4 aliphatic carbocycles. The van der Waals surface area contributed by atoms with Crippen LogP contribution >= 0.6 is 11.6 Å². The van der Waals surface area contributed by atoms with Crippen molar-refractivity contribution in [2.45, 2.75) is 70.4 Å². The zero-order valence-corrected chi connectivity index (χ0v) is 15.0. The Morgan fingerprint density at radius 2 is 1.74 bits per heavy atom. The lowest BCUT2D eigenvalue weighted by molar-refractivity contribution is -0.0166. The summed E-state index contributed by atoms with van der Waals surface area (Å²) in [4.78, 5) is 12.8. The van der Waals surface area contributed by atoms with E-state index in [1.807, 2.05) is 20.8 Å². The number of carbonyl (C=O) groups excluding carboxylic acids is 1. The van der Waals surface area contributed by atoms with Gasteiger partial charge < -0.3 is 5.32 Å².